The van der Waals surface area contributed by atoms with Gasteiger partial charge < -0.3 is 20.5 Å². The van der Waals surface area contributed by atoms with Crippen LogP contribution in [0.15, 0.2) is 46.9 Å². The molecule has 5 nitrogen and oxygen atoms in total. The lowest BCUT2D eigenvalue weighted by molar-refractivity contribution is -0.126. The van der Waals surface area contributed by atoms with Gasteiger partial charge in [-0.1, -0.05) is 34.1 Å². The van der Waals surface area contributed by atoms with Gasteiger partial charge in [-0.05, 0) is 49.2 Å². The van der Waals surface area contributed by atoms with Crippen LogP contribution in [0.4, 0.5) is 0 Å². The SMILES string of the molecule is CC(NC(=O)C(C)(N)c1ccc(Br)cc1)c1ccc2c(c1)OCO2.Cl. The van der Waals surface area contributed by atoms with Gasteiger partial charge in [-0.2, -0.15) is 0 Å². The second-order valence-electron chi connectivity index (χ2n) is 6.02. The van der Waals surface area contributed by atoms with E-state index in [0.29, 0.717) is 5.75 Å². The van der Waals surface area contributed by atoms with E-state index in [2.05, 4.69) is 21.2 Å². The van der Waals surface area contributed by atoms with Crippen molar-refractivity contribution in [3.63, 3.8) is 0 Å². The van der Waals surface area contributed by atoms with Crippen LogP contribution in [-0.2, 0) is 10.3 Å². The number of hydrogen-bond donors (Lipinski definition) is 2. The van der Waals surface area contributed by atoms with Crippen molar-refractivity contribution in [1.82, 2.24) is 5.32 Å². The fourth-order valence-electron chi connectivity index (χ4n) is 2.54. The van der Waals surface area contributed by atoms with Gasteiger partial charge in [0, 0.05) is 4.47 Å². The first kappa shape index (κ1) is 19.6. The van der Waals surface area contributed by atoms with E-state index in [1.807, 2.05) is 49.4 Å². The van der Waals surface area contributed by atoms with Crippen LogP contribution in [-0.4, -0.2) is 12.7 Å². The number of benzene rings is 2. The Morgan fingerprint density at radius 3 is 2.52 bits per heavy atom. The molecule has 1 amide bonds. The fraction of sp³-hybridized carbons (Fsp3) is 0.278. The Morgan fingerprint density at radius 1 is 1.20 bits per heavy atom. The molecule has 0 saturated carbocycles. The van der Waals surface area contributed by atoms with Crippen LogP contribution >= 0.6 is 28.3 Å². The number of fused-ring (bicyclic) bond motifs is 1. The molecule has 3 N–H and O–H groups in total. The summed E-state index contributed by atoms with van der Waals surface area (Å²) in [7, 11) is 0. The second kappa shape index (κ2) is 7.64. The van der Waals surface area contributed by atoms with E-state index < -0.39 is 5.54 Å². The number of carbonyl (C=O) groups excluding carboxylic acids is 1. The molecule has 0 aliphatic carbocycles. The van der Waals surface area contributed by atoms with Gasteiger partial charge in [-0.25, -0.2) is 0 Å². The third kappa shape index (κ3) is 4.08. The number of carbonyl (C=O) groups is 1. The normalized spacial score (nSPS) is 15.7. The average molecular weight is 428 g/mol. The summed E-state index contributed by atoms with van der Waals surface area (Å²) in [6.07, 6.45) is 0. The number of hydrogen-bond acceptors (Lipinski definition) is 4. The van der Waals surface area contributed by atoms with Crippen molar-refractivity contribution in [3.05, 3.63) is 58.1 Å². The van der Waals surface area contributed by atoms with Crippen LogP contribution in [0.2, 0.25) is 0 Å². The first-order valence-corrected chi connectivity index (χ1v) is 8.42. The van der Waals surface area contributed by atoms with E-state index in [1.165, 1.54) is 0 Å². The summed E-state index contributed by atoms with van der Waals surface area (Å²) in [4.78, 5) is 12.7. The molecule has 2 aromatic carbocycles. The Bertz CT molecular complexity index is 765. The second-order valence-corrected chi connectivity index (χ2v) is 6.93. The number of nitrogens with one attached hydrogen (secondary N) is 1. The van der Waals surface area contributed by atoms with Gasteiger partial charge in [0.15, 0.2) is 11.5 Å². The maximum Gasteiger partial charge on any atom is 0.244 e. The minimum Gasteiger partial charge on any atom is -0.454 e. The van der Waals surface area contributed by atoms with Crippen LogP contribution in [0.3, 0.4) is 0 Å². The van der Waals surface area contributed by atoms with Gasteiger partial charge in [0.1, 0.15) is 5.54 Å². The minimum atomic E-state index is -1.12. The fourth-order valence-corrected chi connectivity index (χ4v) is 2.80. The van der Waals surface area contributed by atoms with Crippen molar-refractivity contribution in [2.45, 2.75) is 25.4 Å². The Hall–Kier alpha value is -1.76. The van der Waals surface area contributed by atoms with Crippen molar-refractivity contribution in [1.29, 1.82) is 0 Å². The molecule has 3 rings (SSSR count). The molecule has 0 saturated heterocycles. The monoisotopic (exact) mass is 426 g/mol. The molecular formula is C18H20BrClN2O3. The van der Waals surface area contributed by atoms with Crippen molar-refractivity contribution < 1.29 is 14.3 Å². The van der Waals surface area contributed by atoms with Gasteiger partial charge in [0.25, 0.3) is 0 Å². The molecule has 134 valence electrons. The minimum absolute atomic E-state index is 0. The summed E-state index contributed by atoms with van der Waals surface area (Å²) in [5.74, 6) is 1.17. The van der Waals surface area contributed by atoms with E-state index in [4.69, 9.17) is 15.2 Å². The molecule has 0 spiro atoms. The van der Waals surface area contributed by atoms with Crippen molar-refractivity contribution in [2.75, 3.05) is 6.79 Å². The van der Waals surface area contributed by atoms with Crippen molar-refractivity contribution in [2.24, 2.45) is 5.73 Å². The van der Waals surface area contributed by atoms with E-state index in [0.717, 1.165) is 21.3 Å². The summed E-state index contributed by atoms with van der Waals surface area (Å²) in [6.45, 7) is 3.84. The highest BCUT2D eigenvalue weighted by Gasteiger charge is 2.31. The molecule has 2 unspecified atom stereocenters. The molecule has 1 aliphatic heterocycles. The van der Waals surface area contributed by atoms with Gasteiger partial charge in [0.2, 0.25) is 12.7 Å². The number of ether oxygens (including phenoxy) is 2. The molecular weight excluding hydrogens is 408 g/mol. The van der Waals surface area contributed by atoms with Crippen molar-refractivity contribution in [3.8, 4) is 11.5 Å². The highest BCUT2D eigenvalue weighted by Crippen LogP contribution is 2.34. The van der Waals surface area contributed by atoms with Gasteiger partial charge in [-0.15, -0.1) is 12.4 Å². The third-order valence-corrected chi connectivity index (χ3v) is 4.69. The standard InChI is InChI=1S/C18H19BrN2O3.ClH/c1-11(12-3-8-15-16(9-12)24-10-23-15)21-17(22)18(2,20)13-4-6-14(19)7-5-13;/h3-9,11H,10,20H2,1-2H3,(H,21,22);1H. The predicted molar refractivity (Wildman–Crippen MR) is 102 cm³/mol. The Morgan fingerprint density at radius 2 is 1.84 bits per heavy atom. The first-order valence-electron chi connectivity index (χ1n) is 7.63. The Labute approximate surface area is 161 Å². The summed E-state index contributed by atoms with van der Waals surface area (Å²) < 4.78 is 11.6. The molecule has 0 fully saturated rings. The quantitative estimate of drug-likeness (QED) is 0.781. The van der Waals surface area contributed by atoms with Crippen molar-refractivity contribution >= 4 is 34.2 Å². The van der Waals surface area contributed by atoms with E-state index in [1.54, 1.807) is 6.92 Å². The van der Waals surface area contributed by atoms with Crippen LogP contribution in [0.25, 0.3) is 0 Å². The number of halogens is 2. The van der Waals surface area contributed by atoms with Gasteiger partial charge >= 0.3 is 0 Å². The third-order valence-electron chi connectivity index (χ3n) is 4.16. The largest absolute Gasteiger partial charge is 0.454 e. The number of amides is 1. The topological polar surface area (TPSA) is 73.6 Å². The molecule has 0 aromatic heterocycles. The maximum atomic E-state index is 12.7. The molecule has 0 bridgehead atoms. The maximum absolute atomic E-state index is 12.7. The molecule has 0 radical (unpaired) electrons. The predicted octanol–water partition coefficient (Wildman–Crippen LogP) is 3.65. The molecule has 7 heteroatoms. The molecule has 2 atom stereocenters. The van der Waals surface area contributed by atoms with Crippen LogP contribution in [0, 0.1) is 0 Å². The molecule has 1 heterocycles. The summed E-state index contributed by atoms with van der Waals surface area (Å²) in [6, 6.07) is 12.8. The lowest BCUT2D eigenvalue weighted by Gasteiger charge is -2.26. The lowest BCUT2D eigenvalue weighted by Crippen LogP contribution is -2.49. The van der Waals surface area contributed by atoms with Gasteiger partial charge in [-0.3, -0.25) is 4.79 Å². The van der Waals surface area contributed by atoms with Crippen LogP contribution in [0.5, 0.6) is 11.5 Å². The summed E-state index contributed by atoms with van der Waals surface area (Å²) in [5.41, 5.74) is 6.84. The number of nitrogens with two attached hydrogens (primary N) is 1. The van der Waals surface area contributed by atoms with Crippen LogP contribution in [0.1, 0.15) is 31.0 Å². The average Bonchev–Trinajstić information content (AvgIpc) is 3.02. The summed E-state index contributed by atoms with van der Waals surface area (Å²) >= 11 is 3.38. The zero-order chi connectivity index (χ0) is 17.3. The Kier molecular flexibility index (Phi) is 5.98. The highest BCUT2D eigenvalue weighted by molar-refractivity contribution is 9.10. The zero-order valence-corrected chi connectivity index (χ0v) is 16.3. The highest BCUT2D eigenvalue weighted by atomic mass is 79.9. The van der Waals surface area contributed by atoms with Gasteiger partial charge in [0.05, 0.1) is 6.04 Å². The first-order chi connectivity index (χ1) is 11.4. The summed E-state index contributed by atoms with van der Waals surface area (Å²) in [5, 5.41) is 2.97. The molecule has 2 aromatic rings. The smallest absolute Gasteiger partial charge is 0.244 e. The molecule has 25 heavy (non-hydrogen) atoms. The van der Waals surface area contributed by atoms with Crippen LogP contribution < -0.4 is 20.5 Å². The number of rotatable bonds is 4. The molecule has 1 aliphatic rings. The lowest BCUT2D eigenvalue weighted by atomic mass is 9.91. The van der Waals surface area contributed by atoms with E-state index in [9.17, 15) is 4.79 Å². The Balaban J connectivity index is 0.00000225. The van der Waals surface area contributed by atoms with E-state index >= 15 is 0 Å². The zero-order valence-electron chi connectivity index (χ0n) is 13.9. The van der Waals surface area contributed by atoms with E-state index in [-0.39, 0.29) is 31.1 Å².